The third-order valence-electron chi connectivity index (χ3n) is 4.40. The van der Waals surface area contributed by atoms with Crippen molar-refractivity contribution in [3.63, 3.8) is 0 Å². The Bertz CT molecular complexity index is 801. The first-order chi connectivity index (χ1) is 13.7. The molecule has 1 atom stereocenters. The Morgan fingerprint density at radius 1 is 0.966 bits per heavy atom. The molecule has 2 aromatic rings. The standard InChI is InChI=1S/C24H30O5/c1-6-17(2)19-9-7-18(8-10-19)15-27-21-13-11-20(12-14-21)23(26)28-16-22(25)29-24(3,4)5/h7-14,17H,6,15-16H2,1-5H3. The maximum absolute atomic E-state index is 12.0. The van der Waals surface area contributed by atoms with E-state index in [0.717, 1.165) is 12.0 Å². The fourth-order valence-corrected chi connectivity index (χ4v) is 2.61. The number of hydrogen-bond acceptors (Lipinski definition) is 5. The number of carbonyl (C=O) groups excluding carboxylic acids is 2. The molecule has 0 saturated carbocycles. The van der Waals surface area contributed by atoms with Gasteiger partial charge in [-0.3, -0.25) is 0 Å². The van der Waals surface area contributed by atoms with Crippen molar-refractivity contribution in [2.24, 2.45) is 0 Å². The lowest BCUT2D eigenvalue weighted by molar-refractivity contribution is -0.158. The predicted octanol–water partition coefficient (Wildman–Crippen LogP) is 5.28. The van der Waals surface area contributed by atoms with Crippen molar-refractivity contribution in [3.8, 4) is 5.75 Å². The third-order valence-corrected chi connectivity index (χ3v) is 4.40. The Morgan fingerprint density at radius 3 is 2.14 bits per heavy atom. The van der Waals surface area contributed by atoms with Gasteiger partial charge in [-0.15, -0.1) is 0 Å². The largest absolute Gasteiger partial charge is 0.489 e. The molecule has 0 fully saturated rings. The highest BCUT2D eigenvalue weighted by Gasteiger charge is 2.18. The van der Waals surface area contributed by atoms with Crippen molar-refractivity contribution in [1.82, 2.24) is 0 Å². The van der Waals surface area contributed by atoms with Crippen LogP contribution in [0.1, 0.15) is 68.4 Å². The summed E-state index contributed by atoms with van der Waals surface area (Å²) < 4.78 is 15.9. The lowest BCUT2D eigenvalue weighted by atomic mass is 9.98. The molecule has 0 amide bonds. The van der Waals surface area contributed by atoms with Gasteiger partial charge in [0.05, 0.1) is 5.56 Å². The van der Waals surface area contributed by atoms with Crippen LogP contribution in [-0.2, 0) is 20.9 Å². The normalized spacial score (nSPS) is 12.2. The van der Waals surface area contributed by atoms with Crippen LogP contribution in [0.4, 0.5) is 0 Å². The van der Waals surface area contributed by atoms with E-state index in [1.807, 2.05) is 0 Å². The van der Waals surface area contributed by atoms with Crippen LogP contribution in [0.3, 0.4) is 0 Å². The highest BCUT2D eigenvalue weighted by molar-refractivity contribution is 5.90. The summed E-state index contributed by atoms with van der Waals surface area (Å²) in [4.78, 5) is 23.7. The molecule has 5 nitrogen and oxygen atoms in total. The minimum Gasteiger partial charge on any atom is -0.489 e. The van der Waals surface area contributed by atoms with Crippen LogP contribution >= 0.6 is 0 Å². The summed E-state index contributed by atoms with van der Waals surface area (Å²) in [6.07, 6.45) is 1.11. The van der Waals surface area contributed by atoms with E-state index in [2.05, 4.69) is 38.1 Å². The second-order valence-corrected chi connectivity index (χ2v) is 8.03. The molecule has 156 valence electrons. The Hall–Kier alpha value is -2.82. The maximum atomic E-state index is 12.0. The van der Waals surface area contributed by atoms with Gasteiger partial charge < -0.3 is 14.2 Å². The molecule has 0 aliphatic rings. The molecule has 0 bridgehead atoms. The molecule has 0 aromatic heterocycles. The quantitative estimate of drug-likeness (QED) is 0.566. The van der Waals surface area contributed by atoms with Gasteiger partial charge in [0.25, 0.3) is 0 Å². The number of rotatable bonds is 8. The molecule has 1 unspecified atom stereocenters. The first kappa shape index (κ1) is 22.5. The number of ether oxygens (including phenoxy) is 3. The van der Waals surface area contributed by atoms with Crippen molar-refractivity contribution in [2.75, 3.05) is 6.61 Å². The minimum absolute atomic E-state index is 0.346. The second-order valence-electron chi connectivity index (χ2n) is 8.03. The Morgan fingerprint density at radius 2 is 1.59 bits per heavy atom. The highest BCUT2D eigenvalue weighted by atomic mass is 16.6. The lowest BCUT2D eigenvalue weighted by Crippen LogP contribution is -2.27. The molecule has 29 heavy (non-hydrogen) atoms. The van der Waals surface area contributed by atoms with Crippen molar-refractivity contribution in [3.05, 3.63) is 65.2 Å². The van der Waals surface area contributed by atoms with Crippen LogP contribution in [0.25, 0.3) is 0 Å². The molecule has 0 heterocycles. The van der Waals surface area contributed by atoms with Crippen LogP contribution in [0.5, 0.6) is 5.75 Å². The van der Waals surface area contributed by atoms with E-state index in [9.17, 15) is 9.59 Å². The third kappa shape index (κ3) is 7.60. The van der Waals surface area contributed by atoms with Crippen LogP contribution < -0.4 is 4.74 Å². The zero-order valence-electron chi connectivity index (χ0n) is 17.9. The van der Waals surface area contributed by atoms with Gasteiger partial charge in [0.15, 0.2) is 6.61 Å². The van der Waals surface area contributed by atoms with Gasteiger partial charge in [0, 0.05) is 0 Å². The topological polar surface area (TPSA) is 61.8 Å². The van der Waals surface area contributed by atoms with Gasteiger partial charge in [-0.05, 0) is 68.5 Å². The fraction of sp³-hybridized carbons (Fsp3) is 0.417. The SMILES string of the molecule is CCC(C)c1ccc(COc2ccc(C(=O)OCC(=O)OC(C)(C)C)cc2)cc1. The lowest BCUT2D eigenvalue weighted by Gasteiger charge is -2.19. The summed E-state index contributed by atoms with van der Waals surface area (Å²) in [5.74, 6) is 0.0421. The first-order valence-corrected chi connectivity index (χ1v) is 9.88. The zero-order chi connectivity index (χ0) is 21.4. The number of hydrogen-bond donors (Lipinski definition) is 0. The van der Waals surface area contributed by atoms with E-state index in [0.29, 0.717) is 23.8 Å². The van der Waals surface area contributed by atoms with Gasteiger partial charge >= 0.3 is 11.9 Å². The molecule has 2 aromatic carbocycles. The molecule has 0 saturated heterocycles. The fourth-order valence-electron chi connectivity index (χ4n) is 2.61. The minimum atomic E-state index is -0.614. The van der Waals surface area contributed by atoms with Crippen LogP contribution in [0.15, 0.2) is 48.5 Å². The molecule has 0 N–H and O–H groups in total. The molecule has 2 rings (SSSR count). The first-order valence-electron chi connectivity index (χ1n) is 9.88. The van der Waals surface area contributed by atoms with Crippen LogP contribution in [0.2, 0.25) is 0 Å². The smallest absolute Gasteiger partial charge is 0.344 e. The van der Waals surface area contributed by atoms with Gasteiger partial charge in [-0.25, -0.2) is 9.59 Å². The summed E-state index contributed by atoms with van der Waals surface area (Å²) in [5.41, 5.74) is 2.14. The predicted molar refractivity (Wildman–Crippen MR) is 112 cm³/mol. The Balaban J connectivity index is 1.83. The van der Waals surface area contributed by atoms with Gasteiger partial charge in [-0.2, -0.15) is 0 Å². The van der Waals surface area contributed by atoms with E-state index in [1.165, 1.54) is 5.56 Å². The number of esters is 2. The van der Waals surface area contributed by atoms with Crippen LogP contribution in [0, 0.1) is 0 Å². The highest BCUT2D eigenvalue weighted by Crippen LogP contribution is 2.20. The van der Waals surface area contributed by atoms with Crippen molar-refractivity contribution in [1.29, 1.82) is 0 Å². The molecular weight excluding hydrogens is 368 g/mol. The van der Waals surface area contributed by atoms with E-state index in [4.69, 9.17) is 14.2 Å². The van der Waals surface area contributed by atoms with E-state index in [-0.39, 0.29) is 0 Å². The van der Waals surface area contributed by atoms with E-state index in [1.54, 1.807) is 45.0 Å². The summed E-state index contributed by atoms with van der Waals surface area (Å²) in [7, 11) is 0. The Kier molecular flexibility index (Phi) is 7.82. The van der Waals surface area contributed by atoms with Crippen LogP contribution in [-0.4, -0.2) is 24.1 Å². The van der Waals surface area contributed by atoms with E-state index >= 15 is 0 Å². The number of benzene rings is 2. The molecule has 5 heteroatoms. The maximum Gasteiger partial charge on any atom is 0.344 e. The average molecular weight is 398 g/mol. The summed E-state index contributed by atoms with van der Waals surface area (Å²) >= 11 is 0. The molecule has 0 aliphatic carbocycles. The molecule has 0 aliphatic heterocycles. The van der Waals surface area contributed by atoms with Gasteiger partial charge in [0.2, 0.25) is 0 Å². The summed E-state index contributed by atoms with van der Waals surface area (Å²) in [6.45, 7) is 9.69. The summed E-state index contributed by atoms with van der Waals surface area (Å²) in [6, 6.07) is 15.0. The molecule has 0 radical (unpaired) electrons. The van der Waals surface area contributed by atoms with Crippen molar-refractivity contribution >= 4 is 11.9 Å². The average Bonchev–Trinajstić information content (AvgIpc) is 2.69. The molecule has 0 spiro atoms. The summed E-state index contributed by atoms with van der Waals surface area (Å²) in [5, 5.41) is 0. The molecular formula is C24H30O5. The zero-order valence-corrected chi connectivity index (χ0v) is 17.9. The van der Waals surface area contributed by atoms with Gasteiger partial charge in [-0.1, -0.05) is 38.1 Å². The van der Waals surface area contributed by atoms with Crippen molar-refractivity contribution in [2.45, 2.75) is 59.2 Å². The Labute approximate surface area is 173 Å². The number of carbonyl (C=O) groups is 2. The van der Waals surface area contributed by atoms with E-state index < -0.39 is 24.1 Å². The van der Waals surface area contributed by atoms with Crippen molar-refractivity contribution < 1.29 is 23.8 Å². The monoisotopic (exact) mass is 398 g/mol. The van der Waals surface area contributed by atoms with Gasteiger partial charge in [0.1, 0.15) is 18.0 Å². The second kappa shape index (κ2) is 10.1.